The number of aliphatic hydroxyl groups is 2. The van der Waals surface area contributed by atoms with Gasteiger partial charge < -0.3 is 24.3 Å². The van der Waals surface area contributed by atoms with Crippen LogP contribution < -0.4 is 11.2 Å². The number of nitro groups is 1. The summed E-state index contributed by atoms with van der Waals surface area (Å²) in [5.74, 6) is 0. The fourth-order valence-corrected chi connectivity index (χ4v) is 5.58. The van der Waals surface area contributed by atoms with Crippen LogP contribution in [0.15, 0.2) is 34.2 Å². The van der Waals surface area contributed by atoms with Crippen LogP contribution >= 0.6 is 19.0 Å². The third-order valence-corrected chi connectivity index (χ3v) is 7.58. The molecule has 2 aromatic rings. The molecule has 0 bridgehead atoms. The van der Waals surface area contributed by atoms with Crippen molar-refractivity contribution in [1.82, 2.24) is 14.1 Å². The van der Waals surface area contributed by atoms with Crippen LogP contribution in [0.4, 0.5) is 5.69 Å². The normalized spacial score (nSPS) is 29.9. The third kappa shape index (κ3) is 5.81. The second-order valence-corrected chi connectivity index (χ2v) is 11.3. The fraction of sp³-hybridized carbons (Fsp3) is 0.579. The number of nitrogens with one attached hydrogen (secondary N) is 1. The SMILES string of the molecule is Cc1cn([C@H]2C[C@@H](O)C(CO[P@](=O)(S)O[C@@H]3C[C@H](n4ccc([N+](=O)[O-])c4)OC3CO)O2)c(=O)[nH]c1=O. The van der Waals surface area contributed by atoms with Crippen molar-refractivity contribution >= 4 is 24.7 Å². The van der Waals surface area contributed by atoms with Crippen LogP contribution in [0.3, 0.4) is 0 Å². The first-order valence-corrected chi connectivity index (χ1v) is 13.6. The highest BCUT2D eigenvalue weighted by molar-refractivity contribution is 8.44. The summed E-state index contributed by atoms with van der Waals surface area (Å²) in [4.78, 5) is 36.2. The van der Waals surface area contributed by atoms with Gasteiger partial charge in [-0.25, -0.2) is 9.36 Å². The standard InChI is InChI=1S/C19H25N4O11PS/c1-10-6-22(19(27)20-18(10)26)17-4-12(25)15(33-17)9-31-35(30,36)34-13-5-16(32-14(13)8-24)21-3-2-11(7-21)23(28)29/h2-3,6-7,12-17,24-25H,4-5,8-9H2,1H3,(H,30,36)(H,20,26,27)/t12-,13-,14?,15?,16-,17-,35+/m1/s1. The molecular formula is C19H25N4O11PS. The van der Waals surface area contributed by atoms with Crippen LogP contribution in [0.1, 0.15) is 30.9 Å². The van der Waals surface area contributed by atoms with E-state index in [-0.39, 0.29) is 30.7 Å². The van der Waals surface area contributed by atoms with E-state index in [0.717, 1.165) is 4.57 Å². The van der Waals surface area contributed by atoms with Crippen molar-refractivity contribution in [3.05, 3.63) is 61.2 Å². The molecule has 4 rings (SSSR count). The Morgan fingerprint density at radius 3 is 2.67 bits per heavy atom. The number of H-pyrrole nitrogens is 1. The van der Waals surface area contributed by atoms with Crippen molar-refractivity contribution in [2.24, 2.45) is 0 Å². The Labute approximate surface area is 208 Å². The molecule has 3 N–H and O–H groups in total. The molecule has 2 saturated heterocycles. The number of ether oxygens (including phenoxy) is 2. The summed E-state index contributed by atoms with van der Waals surface area (Å²) < 4.78 is 37.6. The number of aryl methyl sites for hydroxylation is 1. The molecule has 2 fully saturated rings. The zero-order valence-corrected chi connectivity index (χ0v) is 20.7. The summed E-state index contributed by atoms with van der Waals surface area (Å²) in [5, 5.41) is 30.9. The van der Waals surface area contributed by atoms with E-state index in [2.05, 4.69) is 17.2 Å². The topological polar surface area (TPSA) is 197 Å². The van der Waals surface area contributed by atoms with E-state index in [1.165, 1.54) is 36.1 Å². The molecule has 0 aliphatic carbocycles. The van der Waals surface area contributed by atoms with Crippen molar-refractivity contribution in [2.45, 2.75) is 56.6 Å². The van der Waals surface area contributed by atoms with Crippen molar-refractivity contribution in [3.8, 4) is 0 Å². The van der Waals surface area contributed by atoms with Crippen LogP contribution in [0.25, 0.3) is 0 Å². The molecule has 4 heterocycles. The van der Waals surface area contributed by atoms with Gasteiger partial charge in [-0.2, -0.15) is 0 Å². The van der Waals surface area contributed by atoms with Crippen molar-refractivity contribution < 1.29 is 38.2 Å². The number of aromatic amines is 1. The Kier molecular flexibility index (Phi) is 7.87. The molecule has 36 heavy (non-hydrogen) atoms. The summed E-state index contributed by atoms with van der Waals surface area (Å²) >= 11 is 3.97. The second-order valence-electron chi connectivity index (χ2n) is 8.44. The molecule has 0 amide bonds. The van der Waals surface area contributed by atoms with Gasteiger partial charge in [0.25, 0.3) is 11.2 Å². The van der Waals surface area contributed by atoms with E-state index in [1.54, 1.807) is 0 Å². The molecule has 198 valence electrons. The maximum atomic E-state index is 12.9. The first kappa shape index (κ1) is 26.8. The molecule has 7 atom stereocenters. The fourth-order valence-electron chi connectivity index (χ4n) is 4.05. The average molecular weight is 548 g/mol. The van der Waals surface area contributed by atoms with Gasteiger partial charge >= 0.3 is 12.5 Å². The van der Waals surface area contributed by atoms with E-state index >= 15 is 0 Å². The number of aromatic nitrogens is 3. The zero-order valence-electron chi connectivity index (χ0n) is 18.9. The molecule has 2 aromatic heterocycles. The number of thiol groups is 1. The second kappa shape index (κ2) is 10.6. The maximum Gasteiger partial charge on any atom is 0.386 e. The van der Waals surface area contributed by atoms with E-state index in [4.69, 9.17) is 18.5 Å². The predicted molar refractivity (Wildman–Crippen MR) is 125 cm³/mol. The summed E-state index contributed by atoms with van der Waals surface area (Å²) in [6, 6.07) is 1.29. The Hall–Kier alpha value is -2.30. The van der Waals surface area contributed by atoms with Crippen LogP contribution in [0, 0.1) is 17.0 Å². The van der Waals surface area contributed by atoms with Gasteiger partial charge in [0.15, 0.2) is 0 Å². The minimum atomic E-state index is -4.04. The molecule has 2 aliphatic rings. The Morgan fingerprint density at radius 2 is 2.00 bits per heavy atom. The number of aliphatic hydroxyl groups excluding tert-OH is 2. The third-order valence-electron chi connectivity index (χ3n) is 5.93. The van der Waals surface area contributed by atoms with Crippen LogP contribution in [-0.2, 0) is 23.1 Å². The van der Waals surface area contributed by atoms with E-state index in [0.29, 0.717) is 0 Å². The van der Waals surface area contributed by atoms with Crippen molar-refractivity contribution in [1.29, 1.82) is 0 Å². The lowest BCUT2D eigenvalue weighted by molar-refractivity contribution is -0.384. The van der Waals surface area contributed by atoms with Crippen LogP contribution in [0.5, 0.6) is 0 Å². The number of nitrogens with zero attached hydrogens (tertiary/aromatic N) is 3. The monoisotopic (exact) mass is 548 g/mol. The molecule has 0 saturated carbocycles. The molecular weight excluding hydrogens is 523 g/mol. The van der Waals surface area contributed by atoms with Crippen LogP contribution in [0.2, 0.25) is 0 Å². The van der Waals surface area contributed by atoms with Gasteiger partial charge in [0.05, 0.1) is 30.4 Å². The first-order chi connectivity index (χ1) is 17.0. The molecule has 0 radical (unpaired) electrons. The van der Waals surface area contributed by atoms with E-state index in [9.17, 15) is 34.5 Å². The minimum absolute atomic E-state index is 0.0187. The molecule has 0 aromatic carbocycles. The van der Waals surface area contributed by atoms with Gasteiger partial charge in [-0.3, -0.25) is 33.5 Å². The summed E-state index contributed by atoms with van der Waals surface area (Å²) in [6.07, 6.45) is -1.30. The highest BCUT2D eigenvalue weighted by Crippen LogP contribution is 2.56. The number of rotatable bonds is 9. The molecule has 0 spiro atoms. The summed E-state index contributed by atoms with van der Waals surface area (Å²) in [6.45, 7) is -3.38. The smallest absolute Gasteiger partial charge is 0.386 e. The van der Waals surface area contributed by atoms with Gasteiger partial charge in [0.2, 0.25) is 0 Å². The summed E-state index contributed by atoms with van der Waals surface area (Å²) in [7, 11) is 0. The Balaban J connectivity index is 1.36. The van der Waals surface area contributed by atoms with Crippen molar-refractivity contribution in [3.63, 3.8) is 0 Å². The predicted octanol–water partition coefficient (Wildman–Crippen LogP) is 0.623. The number of hydrogen-bond donors (Lipinski definition) is 4. The number of hydrogen-bond acceptors (Lipinski definition) is 11. The molecule has 15 nitrogen and oxygen atoms in total. The largest absolute Gasteiger partial charge is 0.394 e. The highest BCUT2D eigenvalue weighted by atomic mass is 32.7. The quantitative estimate of drug-likeness (QED) is 0.148. The highest BCUT2D eigenvalue weighted by Gasteiger charge is 2.42. The molecule has 2 aliphatic heterocycles. The van der Waals surface area contributed by atoms with Gasteiger partial charge in [0, 0.05) is 36.9 Å². The van der Waals surface area contributed by atoms with Gasteiger partial charge in [-0.1, -0.05) is 12.2 Å². The molecule has 17 heteroatoms. The van der Waals surface area contributed by atoms with Gasteiger partial charge in [-0.15, -0.1) is 0 Å². The summed E-state index contributed by atoms with van der Waals surface area (Å²) in [5.41, 5.74) is -1.09. The lowest BCUT2D eigenvalue weighted by atomic mass is 10.2. The lowest BCUT2D eigenvalue weighted by Crippen LogP contribution is -2.33. The average Bonchev–Trinajstić information content (AvgIpc) is 3.53. The first-order valence-electron chi connectivity index (χ1n) is 10.9. The van der Waals surface area contributed by atoms with Gasteiger partial charge in [-0.05, 0) is 6.92 Å². The molecule has 2 unspecified atom stereocenters. The lowest BCUT2D eigenvalue weighted by Gasteiger charge is -2.22. The van der Waals surface area contributed by atoms with Crippen LogP contribution in [-0.4, -0.2) is 66.9 Å². The maximum absolute atomic E-state index is 12.9. The van der Waals surface area contributed by atoms with E-state index in [1.807, 2.05) is 0 Å². The Bertz CT molecular complexity index is 1280. The van der Waals surface area contributed by atoms with Gasteiger partial charge in [0.1, 0.15) is 30.8 Å². The van der Waals surface area contributed by atoms with Crippen molar-refractivity contribution in [2.75, 3.05) is 13.2 Å². The Morgan fingerprint density at radius 1 is 1.28 bits per heavy atom. The van der Waals surface area contributed by atoms with E-state index < -0.39 is 66.4 Å². The zero-order chi connectivity index (χ0) is 26.2. The minimum Gasteiger partial charge on any atom is -0.394 e.